The molecule has 0 aromatic carbocycles. The van der Waals surface area contributed by atoms with Gasteiger partial charge in [-0.25, -0.2) is 9.89 Å². The van der Waals surface area contributed by atoms with Crippen LogP contribution >= 0.6 is 11.8 Å². The maximum atomic E-state index is 11.0. The Morgan fingerprint density at radius 3 is 3.00 bits per heavy atom. The summed E-state index contributed by atoms with van der Waals surface area (Å²) in [6.45, 7) is 0.533. The Kier molecular flexibility index (Phi) is 4.18. The molecule has 3 N–H and O–H groups in total. The summed E-state index contributed by atoms with van der Waals surface area (Å²) in [5.41, 5.74) is -0.240. The maximum Gasteiger partial charge on any atom is 0.343 e. The van der Waals surface area contributed by atoms with Gasteiger partial charge in [-0.15, -0.1) is 5.10 Å². The summed E-state index contributed by atoms with van der Waals surface area (Å²) in [5, 5.41) is 19.0. The number of aliphatic hydroxyl groups excluding tert-OH is 1. The first-order chi connectivity index (χ1) is 6.65. The second-order valence-electron chi connectivity index (χ2n) is 2.89. The molecule has 1 aromatic rings. The number of likely N-dealkylation sites (N-methyl/N-ethyl adjacent to an activating group) is 1. The van der Waals surface area contributed by atoms with Crippen LogP contribution in [0.1, 0.15) is 0 Å². The molecule has 1 heterocycles. The highest BCUT2D eigenvalue weighted by molar-refractivity contribution is 7.99. The summed E-state index contributed by atoms with van der Waals surface area (Å²) < 4.78 is 1.41. The Balaban J connectivity index is 2.45. The molecule has 0 spiro atoms. The lowest BCUT2D eigenvalue weighted by molar-refractivity contribution is 0.199. The molecule has 1 atom stereocenters. The molecule has 6 nitrogen and oxygen atoms in total. The Morgan fingerprint density at radius 2 is 2.50 bits per heavy atom. The predicted octanol–water partition coefficient (Wildman–Crippen LogP) is -1.22. The average Bonchev–Trinajstić information content (AvgIpc) is 2.46. The largest absolute Gasteiger partial charge is 0.391 e. The molecule has 0 amide bonds. The lowest BCUT2D eigenvalue weighted by atomic mass is 10.4. The van der Waals surface area contributed by atoms with Crippen molar-refractivity contribution in [1.29, 1.82) is 0 Å². The fourth-order valence-electron chi connectivity index (χ4n) is 0.927. The van der Waals surface area contributed by atoms with E-state index in [2.05, 4.69) is 15.5 Å². The monoisotopic (exact) mass is 218 g/mol. The lowest BCUT2D eigenvalue weighted by Gasteiger charge is -2.07. The van der Waals surface area contributed by atoms with E-state index in [0.29, 0.717) is 17.5 Å². The molecule has 1 unspecified atom stereocenters. The SMILES string of the molecule is CNCC(O)CSc1n[nH]c(=O)n1C. The highest BCUT2D eigenvalue weighted by atomic mass is 32.2. The van der Waals surface area contributed by atoms with Crippen LogP contribution in [0.4, 0.5) is 0 Å². The fourth-order valence-corrected chi connectivity index (χ4v) is 1.77. The second-order valence-corrected chi connectivity index (χ2v) is 3.88. The van der Waals surface area contributed by atoms with E-state index in [4.69, 9.17) is 0 Å². The minimum Gasteiger partial charge on any atom is -0.391 e. The topological polar surface area (TPSA) is 82.9 Å². The normalized spacial score (nSPS) is 13.1. The summed E-state index contributed by atoms with van der Waals surface area (Å²) in [7, 11) is 3.41. The third kappa shape index (κ3) is 2.86. The molecule has 0 aliphatic carbocycles. The molecule has 7 heteroatoms. The number of nitrogens with zero attached hydrogens (tertiary/aromatic N) is 2. The van der Waals surface area contributed by atoms with E-state index in [-0.39, 0.29) is 5.69 Å². The van der Waals surface area contributed by atoms with Crippen LogP contribution in [0.3, 0.4) is 0 Å². The van der Waals surface area contributed by atoms with Crippen molar-refractivity contribution in [2.75, 3.05) is 19.3 Å². The van der Waals surface area contributed by atoms with E-state index in [1.54, 1.807) is 14.1 Å². The zero-order valence-electron chi connectivity index (χ0n) is 8.15. The van der Waals surface area contributed by atoms with Gasteiger partial charge < -0.3 is 10.4 Å². The highest BCUT2D eigenvalue weighted by Gasteiger charge is 2.08. The van der Waals surface area contributed by atoms with Crippen molar-refractivity contribution in [1.82, 2.24) is 20.1 Å². The van der Waals surface area contributed by atoms with Crippen LogP contribution in [-0.2, 0) is 7.05 Å². The number of H-pyrrole nitrogens is 1. The van der Waals surface area contributed by atoms with Crippen LogP contribution in [0.15, 0.2) is 9.95 Å². The minimum atomic E-state index is -0.434. The molecule has 0 aliphatic heterocycles. The Hall–Kier alpha value is -0.790. The third-order valence-corrected chi connectivity index (χ3v) is 2.86. The molecule has 1 aromatic heterocycles. The summed E-state index contributed by atoms with van der Waals surface area (Å²) in [4.78, 5) is 11.0. The Bertz CT molecular complexity index is 335. The van der Waals surface area contributed by atoms with E-state index in [1.807, 2.05) is 0 Å². The second kappa shape index (κ2) is 5.18. The van der Waals surface area contributed by atoms with Gasteiger partial charge in [0.05, 0.1) is 6.10 Å². The van der Waals surface area contributed by atoms with Crippen LogP contribution < -0.4 is 11.0 Å². The van der Waals surface area contributed by atoms with Gasteiger partial charge in [-0.1, -0.05) is 11.8 Å². The summed E-state index contributed by atoms with van der Waals surface area (Å²) in [5.74, 6) is 0.513. The first kappa shape index (κ1) is 11.3. The molecule has 0 fully saturated rings. The van der Waals surface area contributed by atoms with Crippen molar-refractivity contribution in [2.24, 2.45) is 7.05 Å². The molecule has 0 aliphatic rings. The summed E-state index contributed by atoms with van der Waals surface area (Å²) in [6.07, 6.45) is -0.434. The number of thioether (sulfide) groups is 1. The number of aliphatic hydroxyl groups is 1. The van der Waals surface area contributed by atoms with Gasteiger partial charge in [0.15, 0.2) is 5.16 Å². The van der Waals surface area contributed by atoms with Gasteiger partial charge in [0.25, 0.3) is 0 Å². The average molecular weight is 218 g/mol. The van der Waals surface area contributed by atoms with Crippen LogP contribution in [-0.4, -0.2) is 45.3 Å². The smallest absolute Gasteiger partial charge is 0.343 e. The number of rotatable bonds is 5. The van der Waals surface area contributed by atoms with Crippen LogP contribution in [0.25, 0.3) is 0 Å². The quantitative estimate of drug-likeness (QED) is 0.540. The van der Waals surface area contributed by atoms with E-state index in [0.717, 1.165) is 0 Å². The molecule has 80 valence electrons. The number of nitrogens with one attached hydrogen (secondary N) is 2. The molecule has 0 saturated carbocycles. The molecule has 0 radical (unpaired) electrons. The Morgan fingerprint density at radius 1 is 1.79 bits per heavy atom. The standard InChI is InChI=1S/C7H14N4O2S/c1-8-3-5(12)4-14-7-10-9-6(13)11(7)2/h5,8,12H,3-4H2,1-2H3,(H,9,13). The van der Waals surface area contributed by atoms with E-state index >= 15 is 0 Å². The molecule has 14 heavy (non-hydrogen) atoms. The van der Waals surface area contributed by atoms with E-state index in [9.17, 15) is 9.90 Å². The van der Waals surface area contributed by atoms with Crippen molar-refractivity contribution in [3.05, 3.63) is 10.5 Å². The van der Waals surface area contributed by atoms with Crippen molar-refractivity contribution >= 4 is 11.8 Å². The molecule has 1 rings (SSSR count). The molecule has 0 bridgehead atoms. The van der Waals surface area contributed by atoms with Crippen molar-refractivity contribution in [3.63, 3.8) is 0 Å². The van der Waals surface area contributed by atoms with Gasteiger partial charge in [-0.2, -0.15) is 0 Å². The summed E-state index contributed by atoms with van der Waals surface area (Å²) in [6, 6.07) is 0. The van der Waals surface area contributed by atoms with Gasteiger partial charge in [0.2, 0.25) is 0 Å². The van der Waals surface area contributed by atoms with Crippen molar-refractivity contribution in [2.45, 2.75) is 11.3 Å². The van der Waals surface area contributed by atoms with Gasteiger partial charge in [0.1, 0.15) is 0 Å². The number of aromatic nitrogens is 3. The van der Waals surface area contributed by atoms with Gasteiger partial charge in [-0.3, -0.25) is 4.57 Å². The number of hydrogen-bond acceptors (Lipinski definition) is 5. The Labute approximate surface area is 85.7 Å². The van der Waals surface area contributed by atoms with Gasteiger partial charge in [-0.05, 0) is 7.05 Å². The lowest BCUT2D eigenvalue weighted by Crippen LogP contribution is -2.25. The first-order valence-electron chi connectivity index (χ1n) is 4.22. The van der Waals surface area contributed by atoms with Gasteiger partial charge in [0, 0.05) is 19.3 Å². The third-order valence-electron chi connectivity index (χ3n) is 1.68. The van der Waals surface area contributed by atoms with Crippen LogP contribution in [0, 0.1) is 0 Å². The molecule has 0 saturated heterocycles. The summed E-state index contributed by atoms with van der Waals surface area (Å²) >= 11 is 1.35. The predicted molar refractivity (Wildman–Crippen MR) is 54.5 cm³/mol. The van der Waals surface area contributed by atoms with E-state index in [1.165, 1.54) is 16.3 Å². The maximum absolute atomic E-state index is 11.0. The first-order valence-corrected chi connectivity index (χ1v) is 5.20. The van der Waals surface area contributed by atoms with Gasteiger partial charge >= 0.3 is 5.69 Å². The van der Waals surface area contributed by atoms with Crippen LogP contribution in [0.5, 0.6) is 0 Å². The van der Waals surface area contributed by atoms with E-state index < -0.39 is 6.10 Å². The van der Waals surface area contributed by atoms with Crippen molar-refractivity contribution in [3.8, 4) is 0 Å². The highest BCUT2D eigenvalue weighted by Crippen LogP contribution is 2.12. The zero-order chi connectivity index (χ0) is 10.6. The fraction of sp³-hybridized carbons (Fsp3) is 0.714. The zero-order valence-corrected chi connectivity index (χ0v) is 8.97. The van der Waals surface area contributed by atoms with Crippen LogP contribution in [0.2, 0.25) is 0 Å². The van der Waals surface area contributed by atoms with Crippen molar-refractivity contribution < 1.29 is 5.11 Å². The molecular weight excluding hydrogens is 204 g/mol. The minimum absolute atomic E-state index is 0.240. The number of hydrogen-bond donors (Lipinski definition) is 3. The molecular formula is C7H14N4O2S. The number of aromatic amines is 1.